The van der Waals surface area contributed by atoms with Gasteiger partial charge in [0.05, 0.1) is 12.1 Å². The van der Waals surface area contributed by atoms with Crippen LogP contribution in [0.3, 0.4) is 0 Å². The predicted molar refractivity (Wildman–Crippen MR) is 95.8 cm³/mol. The highest BCUT2D eigenvalue weighted by Gasteiger charge is 2.35. The molecule has 0 saturated carbocycles. The molecule has 1 aliphatic heterocycles. The number of phenolic OH excluding ortho intramolecular Hbond substituents is 1. The van der Waals surface area contributed by atoms with Crippen LogP contribution in [0, 0.1) is 5.92 Å². The van der Waals surface area contributed by atoms with E-state index in [0.29, 0.717) is 22.8 Å². The van der Waals surface area contributed by atoms with Crippen LogP contribution in [0.4, 0.5) is 5.69 Å². The molecule has 7 heteroatoms. The maximum absolute atomic E-state index is 12.2. The Labute approximate surface area is 149 Å². The van der Waals surface area contributed by atoms with Gasteiger partial charge in [-0.15, -0.1) is 0 Å². The van der Waals surface area contributed by atoms with E-state index in [9.17, 15) is 14.7 Å². The number of benzene rings is 2. The fourth-order valence-corrected chi connectivity index (χ4v) is 2.73. The van der Waals surface area contributed by atoms with Crippen molar-refractivity contribution in [2.75, 3.05) is 11.4 Å². The molecule has 0 aromatic heterocycles. The second-order valence-corrected chi connectivity index (χ2v) is 6.11. The molecule has 2 aromatic carbocycles. The van der Waals surface area contributed by atoms with Crippen molar-refractivity contribution in [3.05, 3.63) is 59.1 Å². The number of hydrazone groups is 1. The number of carbonyl (C=O) groups is 2. The normalized spacial score (nSPS) is 17.2. The molecule has 2 aromatic rings. The molecular formula is C18H16ClN3O3. The van der Waals surface area contributed by atoms with Crippen LogP contribution in [0.15, 0.2) is 53.6 Å². The van der Waals surface area contributed by atoms with Crippen molar-refractivity contribution in [1.29, 1.82) is 0 Å². The van der Waals surface area contributed by atoms with E-state index in [-0.39, 0.29) is 24.0 Å². The minimum atomic E-state index is -0.482. The monoisotopic (exact) mass is 357 g/mol. The lowest BCUT2D eigenvalue weighted by Crippen LogP contribution is -2.30. The summed E-state index contributed by atoms with van der Waals surface area (Å²) >= 11 is 5.85. The molecule has 25 heavy (non-hydrogen) atoms. The van der Waals surface area contributed by atoms with Crippen molar-refractivity contribution in [3.8, 4) is 5.75 Å². The quantitative estimate of drug-likeness (QED) is 0.651. The predicted octanol–water partition coefficient (Wildman–Crippen LogP) is 2.55. The number of phenols is 1. The van der Waals surface area contributed by atoms with Crippen molar-refractivity contribution in [3.63, 3.8) is 0 Å². The first-order chi connectivity index (χ1) is 12.0. The number of nitrogens with one attached hydrogen (secondary N) is 1. The van der Waals surface area contributed by atoms with E-state index in [2.05, 4.69) is 10.5 Å². The van der Waals surface area contributed by atoms with Crippen LogP contribution in [0.25, 0.3) is 0 Å². The molecule has 2 N–H and O–H groups in total. The second kappa shape index (κ2) is 7.36. The summed E-state index contributed by atoms with van der Waals surface area (Å²) in [6.07, 6.45) is 1.49. The van der Waals surface area contributed by atoms with Crippen LogP contribution in [0.1, 0.15) is 12.0 Å². The zero-order valence-corrected chi connectivity index (χ0v) is 14.0. The van der Waals surface area contributed by atoms with Crippen LogP contribution in [0.5, 0.6) is 5.75 Å². The van der Waals surface area contributed by atoms with E-state index >= 15 is 0 Å². The van der Waals surface area contributed by atoms with E-state index in [4.69, 9.17) is 11.6 Å². The summed E-state index contributed by atoms with van der Waals surface area (Å²) in [4.78, 5) is 25.9. The Hall–Kier alpha value is -2.86. The number of halogens is 1. The molecule has 1 heterocycles. The summed E-state index contributed by atoms with van der Waals surface area (Å²) in [5.41, 5.74) is 3.63. The molecule has 1 atom stereocenters. The number of hydrogen-bond donors (Lipinski definition) is 2. The number of rotatable bonds is 4. The minimum Gasteiger partial charge on any atom is -0.507 e. The maximum Gasteiger partial charge on any atom is 0.245 e. The third kappa shape index (κ3) is 3.97. The van der Waals surface area contributed by atoms with Gasteiger partial charge in [0.1, 0.15) is 5.75 Å². The standard InChI is InChI=1S/C18H16ClN3O3/c19-14-5-7-15(8-6-14)22-11-13(9-17(22)24)18(25)21-20-10-12-3-1-2-4-16(12)23/h1-8,10,13,23H,9,11H2,(H,21,25)/b20-10-/t13-/m0/s1. The number of amides is 2. The van der Waals surface area contributed by atoms with E-state index in [1.807, 2.05) is 0 Å². The summed E-state index contributed by atoms with van der Waals surface area (Å²) in [7, 11) is 0. The molecule has 6 nitrogen and oxygen atoms in total. The van der Waals surface area contributed by atoms with Gasteiger partial charge < -0.3 is 10.0 Å². The Bertz CT molecular complexity index is 821. The van der Waals surface area contributed by atoms with Crippen molar-refractivity contribution < 1.29 is 14.7 Å². The first-order valence-electron chi connectivity index (χ1n) is 7.71. The largest absolute Gasteiger partial charge is 0.507 e. The number of anilines is 1. The van der Waals surface area contributed by atoms with Gasteiger partial charge in [-0.1, -0.05) is 23.7 Å². The molecule has 1 saturated heterocycles. The van der Waals surface area contributed by atoms with Crippen molar-refractivity contribution in [2.24, 2.45) is 11.0 Å². The molecule has 2 amide bonds. The lowest BCUT2D eigenvalue weighted by Gasteiger charge is -2.16. The lowest BCUT2D eigenvalue weighted by molar-refractivity contribution is -0.126. The first kappa shape index (κ1) is 17.0. The molecular weight excluding hydrogens is 342 g/mol. The van der Waals surface area contributed by atoms with Crippen LogP contribution in [0.2, 0.25) is 5.02 Å². The SMILES string of the molecule is O=C(N/N=C\c1ccccc1O)[C@H]1CC(=O)N(c2ccc(Cl)cc2)C1. The average Bonchev–Trinajstić information content (AvgIpc) is 2.99. The van der Waals surface area contributed by atoms with E-state index in [0.717, 1.165) is 0 Å². The second-order valence-electron chi connectivity index (χ2n) is 5.67. The van der Waals surface area contributed by atoms with Crippen LogP contribution in [-0.4, -0.2) is 29.7 Å². The van der Waals surface area contributed by atoms with E-state index in [1.165, 1.54) is 12.3 Å². The highest BCUT2D eigenvalue weighted by molar-refractivity contribution is 6.30. The molecule has 0 aliphatic carbocycles. The zero-order chi connectivity index (χ0) is 17.8. The molecule has 3 rings (SSSR count). The highest BCUT2D eigenvalue weighted by Crippen LogP contribution is 2.26. The van der Waals surface area contributed by atoms with E-state index in [1.54, 1.807) is 47.4 Å². The molecule has 0 spiro atoms. The van der Waals surface area contributed by atoms with Crippen LogP contribution < -0.4 is 10.3 Å². The maximum atomic E-state index is 12.2. The summed E-state index contributed by atoms with van der Waals surface area (Å²) in [5.74, 6) is -0.862. The molecule has 1 fully saturated rings. The number of carbonyl (C=O) groups excluding carboxylic acids is 2. The first-order valence-corrected chi connectivity index (χ1v) is 8.09. The minimum absolute atomic E-state index is 0.0745. The Morgan fingerprint density at radius 3 is 2.68 bits per heavy atom. The lowest BCUT2D eigenvalue weighted by atomic mass is 10.1. The van der Waals surface area contributed by atoms with Gasteiger partial charge >= 0.3 is 0 Å². The van der Waals surface area contributed by atoms with Crippen LogP contribution >= 0.6 is 11.6 Å². The molecule has 0 radical (unpaired) electrons. The van der Waals surface area contributed by atoms with Crippen LogP contribution in [-0.2, 0) is 9.59 Å². The van der Waals surface area contributed by atoms with Gasteiger partial charge in [0, 0.05) is 29.2 Å². The van der Waals surface area contributed by atoms with Gasteiger partial charge in [-0.2, -0.15) is 5.10 Å². The molecule has 0 unspecified atom stereocenters. The highest BCUT2D eigenvalue weighted by atomic mass is 35.5. The number of para-hydroxylation sites is 1. The third-order valence-electron chi connectivity index (χ3n) is 3.95. The van der Waals surface area contributed by atoms with Gasteiger partial charge in [-0.3, -0.25) is 9.59 Å². The number of nitrogens with zero attached hydrogens (tertiary/aromatic N) is 2. The number of hydrogen-bond acceptors (Lipinski definition) is 4. The third-order valence-corrected chi connectivity index (χ3v) is 4.20. The molecule has 1 aliphatic rings. The Morgan fingerprint density at radius 1 is 1.24 bits per heavy atom. The van der Waals surface area contributed by atoms with Gasteiger partial charge in [0.25, 0.3) is 0 Å². The number of aromatic hydroxyl groups is 1. The van der Waals surface area contributed by atoms with Crippen molar-refractivity contribution >= 4 is 35.3 Å². The van der Waals surface area contributed by atoms with Gasteiger partial charge in [0.2, 0.25) is 11.8 Å². The van der Waals surface area contributed by atoms with Gasteiger partial charge in [-0.05, 0) is 36.4 Å². The smallest absolute Gasteiger partial charge is 0.245 e. The topological polar surface area (TPSA) is 82.0 Å². The Morgan fingerprint density at radius 2 is 1.96 bits per heavy atom. The molecule has 128 valence electrons. The summed E-state index contributed by atoms with van der Waals surface area (Å²) < 4.78 is 0. The Kier molecular flexibility index (Phi) is 5.00. The Balaban J connectivity index is 1.61. The van der Waals surface area contributed by atoms with Gasteiger partial charge in [-0.25, -0.2) is 5.43 Å². The summed E-state index contributed by atoms with van der Waals surface area (Å²) in [6, 6.07) is 13.6. The fraction of sp³-hybridized carbons (Fsp3) is 0.167. The zero-order valence-electron chi connectivity index (χ0n) is 13.2. The fourth-order valence-electron chi connectivity index (χ4n) is 2.61. The summed E-state index contributed by atoms with van der Waals surface area (Å²) in [6.45, 7) is 0.290. The average molecular weight is 358 g/mol. The molecule has 0 bridgehead atoms. The summed E-state index contributed by atoms with van der Waals surface area (Å²) in [5, 5.41) is 14.1. The van der Waals surface area contributed by atoms with Gasteiger partial charge in [0.15, 0.2) is 0 Å². The van der Waals surface area contributed by atoms with E-state index < -0.39 is 5.92 Å². The van der Waals surface area contributed by atoms with Crippen molar-refractivity contribution in [1.82, 2.24) is 5.43 Å². The van der Waals surface area contributed by atoms with Crippen molar-refractivity contribution in [2.45, 2.75) is 6.42 Å².